The highest BCUT2D eigenvalue weighted by atomic mass is 16.1. The van der Waals surface area contributed by atoms with E-state index in [1.54, 1.807) is 36.8 Å². The highest BCUT2D eigenvalue weighted by Gasteiger charge is 2.13. The van der Waals surface area contributed by atoms with Gasteiger partial charge in [-0.15, -0.1) is 0 Å². The van der Waals surface area contributed by atoms with Crippen LogP contribution in [0, 0.1) is 24.2 Å². The first-order chi connectivity index (χ1) is 20.5. The zero-order chi connectivity index (χ0) is 31.0. The van der Waals surface area contributed by atoms with E-state index in [-0.39, 0.29) is 0 Å². The first kappa shape index (κ1) is 35.4. The monoisotopic (exact) mass is 568 g/mol. The smallest absolute Gasteiger partial charge is 0.211 e. The zero-order valence-corrected chi connectivity index (χ0v) is 25.5. The van der Waals surface area contributed by atoms with E-state index in [1.165, 1.54) is 55.9 Å². The Labute approximate surface area is 251 Å². The number of hydrogen-bond acceptors (Lipinski definition) is 7. The third kappa shape index (κ3) is 15.2. The molecule has 1 fully saturated rings. The summed E-state index contributed by atoms with van der Waals surface area (Å²) in [7, 11) is 2.20. The number of anilines is 1. The Balaban J connectivity index is 0.000000353. The van der Waals surface area contributed by atoms with Crippen LogP contribution in [0.4, 0.5) is 5.69 Å². The number of carbonyl (C=O) groups excluding carboxylic acids is 1. The van der Waals surface area contributed by atoms with Crippen molar-refractivity contribution in [2.75, 3.05) is 38.5 Å². The first-order valence-electron chi connectivity index (χ1n) is 13.9. The average molecular weight is 569 g/mol. The zero-order valence-electron chi connectivity index (χ0n) is 25.5. The third-order valence-electron chi connectivity index (χ3n) is 5.63. The minimum Gasteiger partial charge on any atom is -0.332 e. The molecule has 0 radical (unpaired) electrons. The van der Waals surface area contributed by atoms with Crippen LogP contribution >= 0.6 is 0 Å². The topological polar surface area (TPSA) is 113 Å². The molecule has 1 aromatic carbocycles. The Morgan fingerprint density at radius 2 is 1.83 bits per heavy atom. The number of amides is 1. The fraction of sp³-hybridized carbons (Fsp3) is 0.303. The van der Waals surface area contributed by atoms with Crippen molar-refractivity contribution in [1.82, 2.24) is 24.8 Å². The third-order valence-corrected chi connectivity index (χ3v) is 5.63. The number of nitrogens with one attached hydrogen (secondary N) is 3. The van der Waals surface area contributed by atoms with Crippen molar-refractivity contribution in [2.24, 2.45) is 4.99 Å². The van der Waals surface area contributed by atoms with Crippen molar-refractivity contribution in [3.8, 4) is 11.8 Å². The lowest BCUT2D eigenvalue weighted by atomic mass is 10.1. The number of pyridine rings is 1. The normalized spacial score (nSPS) is 12.8. The van der Waals surface area contributed by atoms with Gasteiger partial charge in [0.15, 0.2) is 0 Å². The Hall–Kier alpha value is -4.65. The van der Waals surface area contributed by atoms with Crippen LogP contribution < -0.4 is 5.32 Å². The first-order valence-corrected chi connectivity index (χ1v) is 13.9. The number of imidazole rings is 1. The predicted molar refractivity (Wildman–Crippen MR) is 176 cm³/mol. The summed E-state index contributed by atoms with van der Waals surface area (Å²) in [5.74, 6) is 6.46. The van der Waals surface area contributed by atoms with E-state index in [0.717, 1.165) is 6.54 Å². The molecule has 0 saturated carbocycles. The van der Waals surface area contributed by atoms with Gasteiger partial charge in [0.2, 0.25) is 6.41 Å². The molecule has 3 aromatic rings. The Morgan fingerprint density at radius 1 is 1.12 bits per heavy atom. The van der Waals surface area contributed by atoms with Crippen molar-refractivity contribution in [3.63, 3.8) is 0 Å². The highest BCUT2D eigenvalue weighted by molar-refractivity contribution is 5.74. The van der Waals surface area contributed by atoms with E-state index in [9.17, 15) is 4.79 Å². The van der Waals surface area contributed by atoms with Crippen LogP contribution in [0.3, 0.4) is 0 Å². The largest absolute Gasteiger partial charge is 0.332 e. The van der Waals surface area contributed by atoms with Crippen molar-refractivity contribution in [1.29, 1.82) is 5.41 Å². The number of aromatic amines is 1. The van der Waals surface area contributed by atoms with Crippen LogP contribution in [0.1, 0.15) is 49.0 Å². The Morgan fingerprint density at radius 3 is 2.43 bits per heavy atom. The molecule has 0 aliphatic carbocycles. The van der Waals surface area contributed by atoms with E-state index in [2.05, 4.69) is 91.7 Å². The summed E-state index contributed by atoms with van der Waals surface area (Å²) < 4.78 is 0. The molecular weight excluding hydrogens is 524 g/mol. The van der Waals surface area contributed by atoms with Crippen LogP contribution in [0.5, 0.6) is 0 Å². The second kappa shape index (κ2) is 22.1. The fourth-order valence-corrected chi connectivity index (χ4v) is 3.48. The molecule has 3 heterocycles. The fourth-order valence-electron chi connectivity index (χ4n) is 3.48. The number of piperazine rings is 1. The molecule has 9 heteroatoms. The molecule has 1 aliphatic rings. The van der Waals surface area contributed by atoms with Crippen LogP contribution in [-0.4, -0.2) is 76.8 Å². The molecule has 2 aromatic heterocycles. The summed E-state index contributed by atoms with van der Waals surface area (Å²) in [6, 6.07) is 10.6. The predicted octanol–water partition coefficient (Wildman–Crippen LogP) is 5.42. The second-order valence-corrected chi connectivity index (χ2v) is 8.84. The summed E-state index contributed by atoms with van der Waals surface area (Å²) in [4.78, 5) is 29.9. The van der Waals surface area contributed by atoms with E-state index in [0.29, 0.717) is 29.2 Å². The number of aryl methyl sites for hydroxylation is 1. The lowest BCUT2D eigenvalue weighted by molar-refractivity contribution is -0.105. The molecule has 3 N–H and O–H groups in total. The van der Waals surface area contributed by atoms with Gasteiger partial charge in [0.05, 0.1) is 18.1 Å². The van der Waals surface area contributed by atoms with E-state index >= 15 is 0 Å². The van der Waals surface area contributed by atoms with Gasteiger partial charge >= 0.3 is 0 Å². The van der Waals surface area contributed by atoms with Gasteiger partial charge in [0, 0.05) is 63.1 Å². The number of rotatable bonds is 7. The van der Waals surface area contributed by atoms with Crippen molar-refractivity contribution in [2.45, 2.75) is 34.2 Å². The maximum Gasteiger partial charge on any atom is 0.211 e. The number of hydrogen-bond donors (Lipinski definition) is 3. The van der Waals surface area contributed by atoms with Crippen LogP contribution in [0.2, 0.25) is 0 Å². The highest BCUT2D eigenvalue weighted by Crippen LogP contribution is 2.09. The number of benzene rings is 1. The number of H-pyrrole nitrogens is 1. The van der Waals surface area contributed by atoms with Crippen molar-refractivity contribution >= 4 is 30.6 Å². The number of likely N-dealkylation sites (N-methyl/N-ethyl adjacent to an activating group) is 1. The molecule has 1 aliphatic heterocycles. The molecule has 0 unspecified atom stereocenters. The van der Waals surface area contributed by atoms with Gasteiger partial charge in [-0.2, -0.15) is 0 Å². The lowest BCUT2D eigenvalue weighted by Crippen LogP contribution is -2.43. The van der Waals surface area contributed by atoms with Crippen LogP contribution in [0.15, 0.2) is 72.8 Å². The van der Waals surface area contributed by atoms with Crippen molar-refractivity contribution < 1.29 is 4.79 Å². The molecule has 0 spiro atoms. The molecule has 1 amide bonds. The minimum absolute atomic E-state index is 0.588. The minimum atomic E-state index is 0.588. The molecule has 9 nitrogen and oxygen atoms in total. The molecule has 4 rings (SSSR count). The Bertz CT molecular complexity index is 1310. The maximum atomic E-state index is 10.3. The van der Waals surface area contributed by atoms with Gasteiger partial charge in [0.1, 0.15) is 11.5 Å². The van der Waals surface area contributed by atoms with Gasteiger partial charge in [-0.05, 0) is 50.6 Å². The van der Waals surface area contributed by atoms with Crippen molar-refractivity contribution in [3.05, 3.63) is 96.0 Å². The molecule has 222 valence electrons. The molecule has 42 heavy (non-hydrogen) atoms. The van der Waals surface area contributed by atoms with Gasteiger partial charge in [-0.1, -0.05) is 56.2 Å². The maximum absolute atomic E-state index is 10.3. The van der Waals surface area contributed by atoms with Gasteiger partial charge in [0.25, 0.3) is 0 Å². The van der Waals surface area contributed by atoms with E-state index in [4.69, 9.17) is 5.41 Å². The lowest BCUT2D eigenvalue weighted by Gasteiger charge is -2.32. The number of allylic oxidation sites excluding steroid dienone is 1. The van der Waals surface area contributed by atoms with Gasteiger partial charge in [-0.3, -0.25) is 19.7 Å². The summed E-state index contributed by atoms with van der Waals surface area (Å²) in [5.41, 5.74) is 4.71. The van der Waals surface area contributed by atoms with Crippen LogP contribution in [0.25, 0.3) is 6.08 Å². The SMILES string of the molecule is C=CN=CC.CC.Cc1ccc(CN2CCN(C)CC2)cc1.N=C/C=C\c1ncc(C#Cc2cncc(NC=O)c2)[nH]1. The number of aliphatic imine (C=N–C) groups is 1. The summed E-state index contributed by atoms with van der Waals surface area (Å²) in [6.45, 7) is 17.2. The van der Waals surface area contributed by atoms with E-state index < -0.39 is 0 Å². The molecule has 0 bridgehead atoms. The Kier molecular flexibility index (Phi) is 18.6. The van der Waals surface area contributed by atoms with E-state index in [1.807, 2.05) is 20.8 Å². The molecule has 1 saturated heterocycles. The number of carbonyl (C=O) groups is 1. The average Bonchev–Trinajstić information content (AvgIpc) is 3.48. The number of aromatic nitrogens is 3. The molecule has 0 atom stereocenters. The van der Waals surface area contributed by atoms with Gasteiger partial charge < -0.3 is 20.6 Å². The summed E-state index contributed by atoms with van der Waals surface area (Å²) in [5, 5.41) is 9.40. The van der Waals surface area contributed by atoms with Gasteiger partial charge in [-0.25, -0.2) is 4.98 Å². The molecular formula is C33H44N8O. The number of nitrogens with zero attached hydrogens (tertiary/aromatic N) is 5. The summed E-state index contributed by atoms with van der Waals surface area (Å²) >= 11 is 0. The quantitative estimate of drug-likeness (QED) is 0.200. The van der Waals surface area contributed by atoms with Crippen LogP contribution in [-0.2, 0) is 11.3 Å². The second-order valence-electron chi connectivity index (χ2n) is 8.84. The summed E-state index contributed by atoms with van der Waals surface area (Å²) in [6.07, 6.45) is 12.9. The standard InChI is InChI=1S/C14H11N5O.C13H20N2.C4H7N.C2H6/c15-5-1-2-14-17-9-12(19-14)4-3-11-6-13(18-10-20)8-16-7-11;1-12-3-5-13(6-4-12)11-15-9-7-14(2)8-10-15;1-3-5-4-2;1-2/h1-2,5-10,15H,(H,17,19)(H,18,20);3-6H,7-11H2,1-2H3;3-4H,1H2,2H3;1-2H3/b2-1-,15-5?;;;.